The molecule has 0 saturated carbocycles. The Kier molecular flexibility index (Phi) is 5.44. The molecular weight excluding hydrogens is 524 g/mol. The van der Waals surface area contributed by atoms with Crippen LogP contribution in [0.3, 0.4) is 0 Å². The second kappa shape index (κ2) is 9.48. The van der Waals surface area contributed by atoms with Crippen molar-refractivity contribution in [1.82, 2.24) is 9.13 Å². The molecule has 0 atom stereocenters. The number of nitriles is 1. The van der Waals surface area contributed by atoms with Gasteiger partial charge in [0, 0.05) is 27.2 Å². The molecule has 0 bridgehead atoms. The van der Waals surface area contributed by atoms with Gasteiger partial charge in [0.15, 0.2) is 5.69 Å². The van der Waals surface area contributed by atoms with Crippen LogP contribution >= 0.6 is 0 Å². The van der Waals surface area contributed by atoms with Gasteiger partial charge in [-0.25, -0.2) is 4.85 Å². The van der Waals surface area contributed by atoms with E-state index in [0.717, 1.165) is 44.3 Å². The molecule has 8 aromatic rings. The first kappa shape index (κ1) is 24.7. The molecule has 4 nitrogen and oxygen atoms in total. The first-order valence-corrected chi connectivity index (χ1v) is 14.2. The van der Waals surface area contributed by atoms with E-state index in [9.17, 15) is 5.26 Å². The molecule has 0 spiro atoms. The SMILES string of the molecule is [C-]#[N+]c1ccc(-n2c3ccccc3c3c(-c4ccc5c(c4)c4ccccc4n5-c4ccccc4)cccc32)c(C#N)c1C. The van der Waals surface area contributed by atoms with Gasteiger partial charge < -0.3 is 9.13 Å². The fraction of sp³-hybridized carbons (Fsp3) is 0.0256. The van der Waals surface area contributed by atoms with Gasteiger partial charge in [-0.2, -0.15) is 5.26 Å². The van der Waals surface area contributed by atoms with E-state index < -0.39 is 0 Å². The van der Waals surface area contributed by atoms with E-state index in [1.165, 1.54) is 21.8 Å². The van der Waals surface area contributed by atoms with Crippen molar-refractivity contribution in [2.75, 3.05) is 0 Å². The molecule has 0 saturated heterocycles. The lowest BCUT2D eigenvalue weighted by molar-refractivity contribution is 1.16. The second-order valence-electron chi connectivity index (χ2n) is 10.8. The maximum absolute atomic E-state index is 10.2. The third-order valence-corrected chi connectivity index (χ3v) is 8.58. The number of aromatic nitrogens is 2. The van der Waals surface area contributed by atoms with Crippen LogP contribution < -0.4 is 0 Å². The molecule has 8 rings (SSSR count). The van der Waals surface area contributed by atoms with Gasteiger partial charge >= 0.3 is 0 Å². The number of hydrogen-bond acceptors (Lipinski definition) is 1. The summed E-state index contributed by atoms with van der Waals surface area (Å²) in [4.78, 5) is 3.63. The quantitative estimate of drug-likeness (QED) is 0.202. The largest absolute Gasteiger partial charge is 0.309 e. The van der Waals surface area contributed by atoms with Crippen LogP contribution in [0.15, 0.2) is 127 Å². The normalized spacial score (nSPS) is 11.3. The summed E-state index contributed by atoms with van der Waals surface area (Å²) < 4.78 is 4.51. The molecule has 0 amide bonds. The van der Waals surface area contributed by atoms with Gasteiger partial charge in [0.25, 0.3) is 0 Å². The molecule has 0 N–H and O–H groups in total. The Labute approximate surface area is 248 Å². The minimum atomic E-state index is 0.504. The molecule has 6 aromatic carbocycles. The zero-order valence-electron chi connectivity index (χ0n) is 23.4. The van der Waals surface area contributed by atoms with Gasteiger partial charge in [-0.05, 0) is 72.1 Å². The highest BCUT2D eigenvalue weighted by atomic mass is 15.0. The van der Waals surface area contributed by atoms with Gasteiger partial charge in [-0.3, -0.25) is 0 Å². The van der Waals surface area contributed by atoms with Crippen molar-refractivity contribution >= 4 is 49.3 Å². The number of fused-ring (bicyclic) bond motifs is 6. The number of benzene rings is 6. The molecule has 0 unspecified atom stereocenters. The maximum Gasteiger partial charge on any atom is 0.191 e. The summed E-state index contributed by atoms with van der Waals surface area (Å²) in [6, 6.07) is 46.7. The highest BCUT2D eigenvalue weighted by Crippen LogP contribution is 2.42. The summed E-state index contributed by atoms with van der Waals surface area (Å²) >= 11 is 0. The van der Waals surface area contributed by atoms with Gasteiger partial charge in [-0.1, -0.05) is 78.9 Å². The molecule has 2 heterocycles. The molecule has 43 heavy (non-hydrogen) atoms. The molecule has 0 aliphatic carbocycles. The lowest BCUT2D eigenvalue weighted by Crippen LogP contribution is -1.99. The Balaban J connectivity index is 1.43. The monoisotopic (exact) mass is 548 g/mol. The molecule has 200 valence electrons. The smallest absolute Gasteiger partial charge is 0.191 e. The number of nitrogens with zero attached hydrogens (tertiary/aromatic N) is 4. The van der Waals surface area contributed by atoms with Crippen molar-refractivity contribution in [2.24, 2.45) is 0 Å². The predicted molar refractivity (Wildman–Crippen MR) is 176 cm³/mol. The summed E-state index contributed by atoms with van der Waals surface area (Å²) in [6.45, 7) is 9.41. The Morgan fingerprint density at radius 2 is 1.30 bits per heavy atom. The van der Waals surface area contributed by atoms with E-state index in [2.05, 4.69) is 123 Å². The second-order valence-corrected chi connectivity index (χ2v) is 10.8. The van der Waals surface area contributed by atoms with Crippen LogP contribution in [0.25, 0.3) is 71.0 Å². The average Bonchev–Trinajstić information content (AvgIpc) is 3.57. The minimum absolute atomic E-state index is 0.504. The third kappa shape index (κ3) is 3.54. The number of hydrogen-bond donors (Lipinski definition) is 0. The highest BCUT2D eigenvalue weighted by molar-refractivity contribution is 6.17. The molecule has 4 heteroatoms. The van der Waals surface area contributed by atoms with Crippen LogP contribution in [0.2, 0.25) is 0 Å². The lowest BCUT2D eigenvalue weighted by Gasteiger charge is -2.13. The lowest BCUT2D eigenvalue weighted by atomic mass is 9.98. The summed E-state index contributed by atoms with van der Waals surface area (Å²) in [5, 5.41) is 14.9. The first-order valence-electron chi connectivity index (χ1n) is 14.2. The Bertz CT molecular complexity index is 2480. The van der Waals surface area contributed by atoms with E-state index in [0.29, 0.717) is 16.8 Å². The van der Waals surface area contributed by atoms with E-state index >= 15 is 0 Å². The topological polar surface area (TPSA) is 38.0 Å². The minimum Gasteiger partial charge on any atom is -0.309 e. The van der Waals surface area contributed by atoms with Crippen molar-refractivity contribution < 1.29 is 0 Å². The maximum atomic E-state index is 10.2. The fourth-order valence-corrected chi connectivity index (χ4v) is 6.65. The van der Waals surface area contributed by atoms with Crippen LogP contribution in [0.1, 0.15) is 11.1 Å². The van der Waals surface area contributed by atoms with Crippen LogP contribution in [-0.2, 0) is 0 Å². The van der Waals surface area contributed by atoms with Crippen molar-refractivity contribution in [2.45, 2.75) is 6.92 Å². The van der Waals surface area contributed by atoms with Gasteiger partial charge in [-0.15, -0.1) is 0 Å². The summed E-state index contributed by atoms with van der Waals surface area (Å²) in [7, 11) is 0. The van der Waals surface area contributed by atoms with E-state index in [4.69, 9.17) is 6.57 Å². The Hall–Kier alpha value is -6.10. The standard InChI is InChI=1S/C39H24N4/c1-25-32(24-40)37(22-20-33(25)41-2)43-35-17-9-7-14-30(35)39-28(15-10-18-38(39)43)26-19-21-36-31(23-26)29-13-6-8-16-34(29)42(36)27-11-4-3-5-12-27/h3-23H,1H3. The Morgan fingerprint density at radius 3 is 2.07 bits per heavy atom. The van der Waals surface area contributed by atoms with Crippen molar-refractivity contribution in [1.29, 1.82) is 5.26 Å². The third-order valence-electron chi connectivity index (χ3n) is 8.58. The van der Waals surface area contributed by atoms with E-state index in [1.807, 2.05) is 31.2 Å². The van der Waals surface area contributed by atoms with Crippen LogP contribution in [0.4, 0.5) is 5.69 Å². The average molecular weight is 549 g/mol. The Morgan fingerprint density at radius 1 is 0.628 bits per heavy atom. The van der Waals surface area contributed by atoms with Crippen LogP contribution in [0, 0.1) is 24.8 Å². The van der Waals surface area contributed by atoms with Gasteiger partial charge in [0.05, 0.1) is 39.9 Å². The zero-order valence-corrected chi connectivity index (χ0v) is 23.4. The molecule has 2 aromatic heterocycles. The summed E-state index contributed by atoms with van der Waals surface area (Å²) in [5.74, 6) is 0. The van der Waals surface area contributed by atoms with Gasteiger partial charge in [0.2, 0.25) is 0 Å². The molecule has 0 fully saturated rings. The van der Waals surface area contributed by atoms with Crippen LogP contribution in [-0.4, -0.2) is 9.13 Å². The number of para-hydroxylation sites is 3. The molecule has 0 aliphatic heterocycles. The molecule has 0 radical (unpaired) electrons. The number of rotatable bonds is 3. The van der Waals surface area contributed by atoms with E-state index in [-0.39, 0.29) is 0 Å². The zero-order chi connectivity index (χ0) is 29.1. The predicted octanol–water partition coefficient (Wildman–Crippen LogP) is 10.3. The van der Waals surface area contributed by atoms with Crippen molar-refractivity contribution in [3.63, 3.8) is 0 Å². The first-order chi connectivity index (χ1) is 21.2. The summed E-state index contributed by atoms with van der Waals surface area (Å²) in [6.07, 6.45) is 0. The van der Waals surface area contributed by atoms with Crippen LogP contribution in [0.5, 0.6) is 0 Å². The molecular formula is C39H24N4. The van der Waals surface area contributed by atoms with Crippen molar-refractivity contribution in [3.05, 3.63) is 150 Å². The van der Waals surface area contributed by atoms with Crippen molar-refractivity contribution in [3.8, 4) is 28.6 Å². The highest BCUT2D eigenvalue weighted by Gasteiger charge is 2.20. The summed E-state index contributed by atoms with van der Waals surface area (Å²) in [5.41, 5.74) is 10.3. The van der Waals surface area contributed by atoms with E-state index in [1.54, 1.807) is 0 Å². The van der Waals surface area contributed by atoms with Gasteiger partial charge in [0.1, 0.15) is 6.07 Å². The fourth-order valence-electron chi connectivity index (χ4n) is 6.65. The molecule has 0 aliphatic rings.